The number of alkyl halides is 3. The zero-order chi connectivity index (χ0) is 26.5. The molecule has 2 amide bonds. The Hall–Kier alpha value is -3.05. The van der Waals surface area contributed by atoms with E-state index in [9.17, 15) is 24.1 Å². The maximum atomic E-state index is 13.2. The summed E-state index contributed by atoms with van der Waals surface area (Å²) in [5.74, 6) is -0.932. The van der Waals surface area contributed by atoms with Crippen LogP contribution < -0.4 is 10.2 Å². The zero-order valence-corrected chi connectivity index (χ0v) is 21.5. The Kier molecular flexibility index (Phi) is 9.02. The molecule has 0 aromatic heterocycles. The predicted molar refractivity (Wildman–Crippen MR) is 138 cm³/mol. The van der Waals surface area contributed by atoms with Gasteiger partial charge >= 0.3 is 6.09 Å². The average Bonchev–Trinajstić information content (AvgIpc) is 2.83. The largest absolute Gasteiger partial charge is 0.445 e. The van der Waals surface area contributed by atoms with Crippen LogP contribution in [0.25, 0.3) is 0 Å². The number of halogens is 4. The van der Waals surface area contributed by atoms with Crippen LogP contribution in [0.2, 0.25) is 0 Å². The number of nitro benzene ring substituents is 1. The highest BCUT2D eigenvalue weighted by Gasteiger charge is 2.23. The second kappa shape index (κ2) is 11.8. The molecule has 3 rings (SSSR count). The molecular weight excluding hydrogens is 556 g/mol. The van der Waals surface area contributed by atoms with Crippen LogP contribution in [0, 0.1) is 15.9 Å². The van der Waals surface area contributed by atoms with Gasteiger partial charge in [-0.25, -0.2) is 9.18 Å². The number of nitrogens with one attached hydrogen (secondary N) is 1. The number of ether oxygens (including phenoxy) is 1. The fraction of sp³-hybridized carbons (Fsp3) is 0.130. The molecule has 13 heteroatoms. The molecule has 0 spiro atoms. The van der Waals surface area contributed by atoms with Crippen LogP contribution in [0.15, 0.2) is 76.5 Å². The van der Waals surface area contributed by atoms with Crippen molar-refractivity contribution in [3.8, 4) is 0 Å². The highest BCUT2D eigenvalue weighted by atomic mass is 35.6. The van der Waals surface area contributed by atoms with Crippen molar-refractivity contribution < 1.29 is 23.6 Å². The topological polar surface area (TPSA) is 102 Å². The lowest BCUT2D eigenvalue weighted by molar-refractivity contribution is -0.387. The smallest absolute Gasteiger partial charge is 0.411 e. The van der Waals surface area contributed by atoms with E-state index in [0.717, 1.165) is 11.8 Å². The molecule has 188 valence electrons. The Morgan fingerprint density at radius 2 is 1.72 bits per heavy atom. The van der Waals surface area contributed by atoms with Gasteiger partial charge in [0.05, 0.1) is 9.82 Å². The van der Waals surface area contributed by atoms with Crippen molar-refractivity contribution in [3.05, 3.63) is 88.2 Å². The minimum absolute atomic E-state index is 0.103. The fourth-order valence-electron chi connectivity index (χ4n) is 2.89. The maximum absolute atomic E-state index is 13.2. The first-order chi connectivity index (χ1) is 16.9. The summed E-state index contributed by atoms with van der Waals surface area (Å²) in [6.45, 7) is -0.431. The highest BCUT2D eigenvalue weighted by Crippen LogP contribution is 2.36. The van der Waals surface area contributed by atoms with Crippen LogP contribution in [-0.2, 0) is 4.74 Å². The number of hydrogen-bond acceptors (Lipinski definition) is 6. The summed E-state index contributed by atoms with van der Waals surface area (Å²) in [6.07, 6.45) is -0.816. The van der Waals surface area contributed by atoms with Crippen molar-refractivity contribution in [2.24, 2.45) is 0 Å². The Morgan fingerprint density at radius 1 is 1.08 bits per heavy atom. The number of anilines is 2. The summed E-state index contributed by atoms with van der Waals surface area (Å²) >= 11 is 17.7. The SMILES string of the molecule is CN(C(=O)c1ccc(Sc2ccc(NC(=O)OCC(Cl)(Cl)Cl)cc2)c([N+](=O)[O-])c1)c1ccc(F)cc1. The first-order valence-corrected chi connectivity index (χ1v) is 12.0. The van der Waals surface area contributed by atoms with Gasteiger partial charge in [0.1, 0.15) is 12.4 Å². The second-order valence-corrected chi connectivity index (χ2v) is 10.9. The average molecular weight is 573 g/mol. The first-order valence-electron chi connectivity index (χ1n) is 10.0. The van der Waals surface area contributed by atoms with Gasteiger partial charge in [0.25, 0.3) is 11.6 Å². The van der Waals surface area contributed by atoms with Gasteiger partial charge in [-0.2, -0.15) is 0 Å². The molecule has 0 aliphatic carbocycles. The molecule has 3 aromatic carbocycles. The molecule has 0 fully saturated rings. The lowest BCUT2D eigenvalue weighted by Crippen LogP contribution is -2.26. The zero-order valence-electron chi connectivity index (χ0n) is 18.4. The van der Waals surface area contributed by atoms with Gasteiger partial charge in [0.15, 0.2) is 0 Å². The molecule has 0 heterocycles. The number of nitro groups is 1. The van der Waals surface area contributed by atoms with E-state index in [4.69, 9.17) is 39.5 Å². The molecule has 3 aromatic rings. The van der Waals surface area contributed by atoms with Crippen molar-refractivity contribution in [2.75, 3.05) is 23.9 Å². The molecule has 0 unspecified atom stereocenters. The van der Waals surface area contributed by atoms with Gasteiger partial charge in [-0.15, -0.1) is 0 Å². The van der Waals surface area contributed by atoms with Gasteiger partial charge in [-0.3, -0.25) is 20.2 Å². The number of rotatable bonds is 7. The van der Waals surface area contributed by atoms with Crippen LogP contribution in [0.4, 0.5) is 26.2 Å². The van der Waals surface area contributed by atoms with E-state index >= 15 is 0 Å². The number of hydrogen-bond donors (Lipinski definition) is 1. The van der Waals surface area contributed by atoms with Gasteiger partial charge in [0.2, 0.25) is 3.79 Å². The molecule has 0 saturated carbocycles. The minimum Gasteiger partial charge on any atom is -0.445 e. The molecule has 0 saturated heterocycles. The van der Waals surface area contributed by atoms with Crippen LogP contribution in [0.5, 0.6) is 0 Å². The van der Waals surface area contributed by atoms with Gasteiger partial charge < -0.3 is 9.64 Å². The van der Waals surface area contributed by atoms with E-state index in [2.05, 4.69) is 5.32 Å². The third-order valence-corrected chi connectivity index (χ3v) is 6.02. The van der Waals surface area contributed by atoms with Gasteiger partial charge in [-0.1, -0.05) is 46.6 Å². The van der Waals surface area contributed by atoms with Crippen LogP contribution in [-0.4, -0.2) is 34.4 Å². The molecule has 0 aliphatic rings. The quantitative estimate of drug-likeness (QED) is 0.184. The van der Waals surface area contributed by atoms with Crippen molar-refractivity contribution in [2.45, 2.75) is 13.6 Å². The molecule has 36 heavy (non-hydrogen) atoms. The third-order valence-electron chi connectivity index (χ3n) is 4.62. The summed E-state index contributed by atoms with van der Waals surface area (Å²) in [5, 5.41) is 14.2. The third kappa shape index (κ3) is 7.72. The van der Waals surface area contributed by atoms with Crippen molar-refractivity contribution in [3.63, 3.8) is 0 Å². The molecule has 0 aliphatic heterocycles. The molecule has 0 bridgehead atoms. The Labute approximate surface area is 224 Å². The normalized spacial score (nSPS) is 11.0. The van der Waals surface area contributed by atoms with Gasteiger partial charge in [0, 0.05) is 34.9 Å². The van der Waals surface area contributed by atoms with E-state index in [1.807, 2.05) is 0 Å². The van der Waals surface area contributed by atoms with E-state index in [1.165, 1.54) is 54.4 Å². The van der Waals surface area contributed by atoms with Crippen LogP contribution in [0.3, 0.4) is 0 Å². The summed E-state index contributed by atoms with van der Waals surface area (Å²) in [4.78, 5) is 37.9. The van der Waals surface area contributed by atoms with E-state index in [0.29, 0.717) is 21.2 Å². The highest BCUT2D eigenvalue weighted by molar-refractivity contribution is 7.99. The Morgan fingerprint density at radius 3 is 2.31 bits per heavy atom. The Bertz CT molecular complexity index is 1270. The lowest BCUT2D eigenvalue weighted by atomic mass is 10.1. The predicted octanol–water partition coefficient (Wildman–Crippen LogP) is 7.08. The Balaban J connectivity index is 1.72. The van der Waals surface area contributed by atoms with Crippen LogP contribution in [0.1, 0.15) is 10.4 Å². The van der Waals surface area contributed by atoms with E-state index < -0.39 is 33.1 Å². The van der Waals surface area contributed by atoms with E-state index in [-0.39, 0.29) is 11.3 Å². The molecule has 1 N–H and O–H groups in total. The lowest BCUT2D eigenvalue weighted by Gasteiger charge is -2.17. The molecule has 8 nitrogen and oxygen atoms in total. The fourth-order valence-corrected chi connectivity index (χ4v) is 3.95. The molecule has 0 atom stereocenters. The summed E-state index contributed by atoms with van der Waals surface area (Å²) in [5.41, 5.74) is 0.682. The van der Waals surface area contributed by atoms with Crippen molar-refractivity contribution >= 4 is 75.6 Å². The first kappa shape index (κ1) is 27.5. The second-order valence-electron chi connectivity index (χ2n) is 7.22. The van der Waals surface area contributed by atoms with E-state index in [1.54, 1.807) is 24.3 Å². The maximum Gasteiger partial charge on any atom is 0.411 e. The number of carbonyl (C=O) groups excluding carboxylic acids is 2. The molecule has 0 radical (unpaired) electrons. The summed E-state index contributed by atoms with van der Waals surface area (Å²) in [6, 6.07) is 15.9. The monoisotopic (exact) mass is 571 g/mol. The number of carbonyl (C=O) groups is 2. The number of benzene rings is 3. The summed E-state index contributed by atoms with van der Waals surface area (Å²) < 4.78 is 16.2. The number of amides is 2. The number of nitrogens with zero attached hydrogens (tertiary/aromatic N) is 2. The van der Waals surface area contributed by atoms with Crippen molar-refractivity contribution in [1.82, 2.24) is 0 Å². The van der Waals surface area contributed by atoms with Crippen LogP contribution >= 0.6 is 46.6 Å². The van der Waals surface area contributed by atoms with Gasteiger partial charge in [-0.05, 0) is 60.7 Å². The standard InChI is InChI=1S/C23H17Cl3FN3O5S/c1-29(17-7-3-15(27)4-8-17)21(31)14-2-11-20(19(12-14)30(33)34)36-18-9-5-16(6-10-18)28-22(32)35-13-23(24,25)26/h2-12H,13H2,1H3,(H,28,32). The minimum atomic E-state index is -1.73. The molecular formula is C23H17Cl3FN3O5S. The van der Waals surface area contributed by atoms with Crippen molar-refractivity contribution in [1.29, 1.82) is 0 Å². The summed E-state index contributed by atoms with van der Waals surface area (Å²) in [7, 11) is 1.49.